The molecular weight excluding hydrogens is 204 g/mol. The lowest BCUT2D eigenvalue weighted by molar-refractivity contribution is 0.579. The van der Waals surface area contributed by atoms with Crippen LogP contribution < -0.4 is 0 Å². The average Bonchev–Trinajstić information content (AvgIpc) is 2.52. The van der Waals surface area contributed by atoms with Gasteiger partial charge in [-0.15, -0.1) is 11.3 Å². The van der Waals surface area contributed by atoms with Crippen molar-refractivity contribution in [2.45, 2.75) is 6.92 Å². The lowest BCUT2D eigenvalue weighted by Crippen LogP contribution is -1.91. The molecule has 0 unspecified atom stereocenters. The normalized spacial score (nSPS) is 10.5. The number of nitrogens with zero attached hydrogens (tertiary/aromatic N) is 1. The Hall–Kier alpha value is -1.29. The van der Waals surface area contributed by atoms with Crippen LogP contribution in [0.4, 0.5) is 8.78 Å². The fraction of sp³-hybridized carbons (Fsp3) is 0.100. The highest BCUT2D eigenvalue weighted by Crippen LogP contribution is 2.30. The van der Waals surface area contributed by atoms with Crippen LogP contribution in [-0.2, 0) is 0 Å². The monoisotopic (exact) mass is 211 g/mol. The molecule has 2 rings (SSSR count). The minimum atomic E-state index is -0.619. The van der Waals surface area contributed by atoms with Crippen molar-refractivity contribution in [3.8, 4) is 11.1 Å². The third kappa shape index (κ3) is 1.42. The molecule has 4 heteroatoms. The molecule has 0 saturated heterocycles. The Balaban J connectivity index is 2.68. The summed E-state index contributed by atoms with van der Waals surface area (Å²) in [5, 5.41) is 1.81. The molecule has 14 heavy (non-hydrogen) atoms. The van der Waals surface area contributed by atoms with Crippen molar-refractivity contribution in [3.63, 3.8) is 0 Å². The lowest BCUT2D eigenvalue weighted by atomic mass is 10.1. The number of hydrogen-bond donors (Lipinski definition) is 0. The second kappa shape index (κ2) is 3.46. The molecule has 72 valence electrons. The quantitative estimate of drug-likeness (QED) is 0.704. The van der Waals surface area contributed by atoms with E-state index in [1.54, 1.807) is 6.07 Å². The second-order valence-electron chi connectivity index (χ2n) is 2.87. The molecule has 2 aromatic rings. The van der Waals surface area contributed by atoms with Crippen molar-refractivity contribution in [2.24, 2.45) is 0 Å². The van der Waals surface area contributed by atoms with Crippen molar-refractivity contribution in [1.82, 2.24) is 4.98 Å². The van der Waals surface area contributed by atoms with E-state index in [4.69, 9.17) is 0 Å². The minimum absolute atomic E-state index is 0.0127. The summed E-state index contributed by atoms with van der Waals surface area (Å²) < 4.78 is 26.6. The summed E-state index contributed by atoms with van der Waals surface area (Å²) in [5.74, 6) is -1.24. The van der Waals surface area contributed by atoms with Gasteiger partial charge in [-0.3, -0.25) is 4.98 Å². The van der Waals surface area contributed by atoms with Gasteiger partial charge in [0.2, 0.25) is 0 Å². The van der Waals surface area contributed by atoms with Crippen molar-refractivity contribution < 1.29 is 8.78 Å². The first-order valence-corrected chi connectivity index (χ1v) is 4.91. The molecule has 0 aromatic carbocycles. The molecule has 0 N–H and O–H groups in total. The third-order valence-corrected chi connectivity index (χ3v) is 2.83. The summed E-state index contributed by atoms with van der Waals surface area (Å²) >= 11 is 1.46. The van der Waals surface area contributed by atoms with Crippen molar-refractivity contribution >= 4 is 11.3 Å². The van der Waals surface area contributed by atoms with E-state index in [9.17, 15) is 8.78 Å². The second-order valence-corrected chi connectivity index (χ2v) is 3.99. The fourth-order valence-corrected chi connectivity index (χ4v) is 2.02. The van der Waals surface area contributed by atoms with Crippen LogP contribution in [0.15, 0.2) is 23.8 Å². The van der Waals surface area contributed by atoms with Crippen molar-refractivity contribution in [3.05, 3.63) is 40.4 Å². The van der Waals surface area contributed by atoms with Gasteiger partial charge >= 0.3 is 0 Å². The van der Waals surface area contributed by atoms with Crippen molar-refractivity contribution in [1.29, 1.82) is 0 Å². The Morgan fingerprint density at radius 1 is 1.21 bits per heavy atom. The zero-order chi connectivity index (χ0) is 10.1. The molecule has 1 nitrogen and oxygen atoms in total. The predicted octanol–water partition coefficient (Wildman–Crippen LogP) is 3.40. The SMILES string of the molecule is Cc1sccc1-c1c(F)cncc1F. The summed E-state index contributed by atoms with van der Waals surface area (Å²) in [4.78, 5) is 4.33. The first-order valence-electron chi connectivity index (χ1n) is 4.03. The van der Waals surface area contributed by atoms with Gasteiger partial charge in [-0.1, -0.05) is 0 Å². The molecule has 0 bridgehead atoms. The number of halogens is 2. The van der Waals surface area contributed by atoms with Gasteiger partial charge in [-0.2, -0.15) is 0 Å². The Bertz CT molecular complexity index is 445. The van der Waals surface area contributed by atoms with Gasteiger partial charge in [-0.25, -0.2) is 8.78 Å². The molecule has 2 aromatic heterocycles. The van der Waals surface area contributed by atoms with Crippen LogP contribution in [0.1, 0.15) is 4.88 Å². The zero-order valence-corrected chi connectivity index (χ0v) is 8.24. The topological polar surface area (TPSA) is 12.9 Å². The summed E-state index contributed by atoms with van der Waals surface area (Å²) in [6.07, 6.45) is 2.05. The van der Waals surface area contributed by atoms with Crippen LogP contribution in [0.5, 0.6) is 0 Å². The summed E-state index contributed by atoms with van der Waals surface area (Å²) in [6.45, 7) is 1.83. The molecular formula is C10H7F2NS. The maximum absolute atomic E-state index is 13.3. The molecule has 0 aliphatic heterocycles. The third-order valence-electron chi connectivity index (χ3n) is 1.98. The Morgan fingerprint density at radius 2 is 1.86 bits per heavy atom. The average molecular weight is 211 g/mol. The van der Waals surface area contributed by atoms with E-state index in [0.717, 1.165) is 17.3 Å². The molecule has 0 atom stereocenters. The smallest absolute Gasteiger partial charge is 0.152 e. The largest absolute Gasteiger partial charge is 0.259 e. The van der Waals surface area contributed by atoms with Gasteiger partial charge in [0.25, 0.3) is 0 Å². The summed E-state index contributed by atoms with van der Waals surface area (Å²) in [6, 6.07) is 1.71. The van der Waals surface area contributed by atoms with Crippen molar-refractivity contribution in [2.75, 3.05) is 0 Å². The van der Waals surface area contributed by atoms with Gasteiger partial charge < -0.3 is 0 Å². The van der Waals surface area contributed by atoms with E-state index < -0.39 is 11.6 Å². The number of pyridine rings is 1. The van der Waals surface area contributed by atoms with Crippen LogP contribution in [0.25, 0.3) is 11.1 Å². The summed E-state index contributed by atoms with van der Waals surface area (Å²) in [5.41, 5.74) is 0.617. The highest BCUT2D eigenvalue weighted by molar-refractivity contribution is 7.10. The van der Waals surface area contributed by atoms with E-state index in [2.05, 4.69) is 4.98 Å². The maximum atomic E-state index is 13.3. The number of aromatic nitrogens is 1. The van der Waals surface area contributed by atoms with Gasteiger partial charge in [0.1, 0.15) is 0 Å². The molecule has 0 aliphatic carbocycles. The van der Waals surface area contributed by atoms with Crippen LogP contribution in [0.3, 0.4) is 0 Å². The fourth-order valence-electron chi connectivity index (χ4n) is 1.31. The molecule has 0 saturated carbocycles. The highest BCUT2D eigenvalue weighted by Gasteiger charge is 2.13. The van der Waals surface area contributed by atoms with E-state index in [1.807, 2.05) is 12.3 Å². The minimum Gasteiger partial charge on any atom is -0.259 e. The van der Waals surface area contributed by atoms with Crippen LogP contribution in [0.2, 0.25) is 0 Å². The van der Waals surface area contributed by atoms with E-state index in [-0.39, 0.29) is 5.56 Å². The molecule has 0 radical (unpaired) electrons. The molecule has 2 heterocycles. The molecule has 0 fully saturated rings. The maximum Gasteiger partial charge on any atom is 0.152 e. The number of aryl methyl sites for hydroxylation is 1. The highest BCUT2D eigenvalue weighted by atomic mass is 32.1. The van der Waals surface area contributed by atoms with Gasteiger partial charge in [0.05, 0.1) is 18.0 Å². The van der Waals surface area contributed by atoms with Gasteiger partial charge in [0.15, 0.2) is 11.6 Å². The lowest BCUT2D eigenvalue weighted by Gasteiger charge is -2.02. The molecule has 0 aliphatic rings. The number of rotatable bonds is 1. The molecule has 0 amide bonds. The van der Waals surface area contributed by atoms with Crippen LogP contribution in [0, 0.1) is 18.6 Å². The van der Waals surface area contributed by atoms with Gasteiger partial charge in [0, 0.05) is 10.4 Å². The number of hydrogen-bond acceptors (Lipinski definition) is 2. The predicted molar refractivity (Wildman–Crippen MR) is 52.2 cm³/mol. The standard InChI is InChI=1S/C10H7F2NS/c1-6-7(2-3-14-6)10-8(11)4-13-5-9(10)12/h2-5H,1H3. The van der Waals surface area contributed by atoms with E-state index >= 15 is 0 Å². The Kier molecular flexibility index (Phi) is 2.29. The number of thiophene rings is 1. The van der Waals surface area contributed by atoms with Crippen LogP contribution in [-0.4, -0.2) is 4.98 Å². The zero-order valence-electron chi connectivity index (χ0n) is 7.42. The van der Waals surface area contributed by atoms with Crippen LogP contribution >= 0.6 is 11.3 Å². The summed E-state index contributed by atoms with van der Waals surface area (Å²) in [7, 11) is 0. The van der Waals surface area contributed by atoms with Gasteiger partial charge in [-0.05, 0) is 18.4 Å². The first kappa shape index (κ1) is 9.27. The first-order chi connectivity index (χ1) is 6.70. The molecule has 0 spiro atoms. The van der Waals surface area contributed by atoms with E-state index in [0.29, 0.717) is 5.56 Å². The Morgan fingerprint density at radius 3 is 2.36 bits per heavy atom. The Labute approximate surface area is 84.0 Å². The van der Waals surface area contributed by atoms with E-state index in [1.165, 1.54) is 11.3 Å².